The number of rotatable bonds is 7. The molecule has 0 saturated heterocycles. The Morgan fingerprint density at radius 2 is 2.21 bits per heavy atom. The van der Waals surface area contributed by atoms with Crippen molar-refractivity contribution in [1.29, 1.82) is 0 Å². The van der Waals surface area contributed by atoms with Gasteiger partial charge < -0.3 is 15.3 Å². The van der Waals surface area contributed by atoms with Crippen LogP contribution in [0.4, 0.5) is 0 Å². The van der Waals surface area contributed by atoms with Gasteiger partial charge in [-0.05, 0) is 36.9 Å². The van der Waals surface area contributed by atoms with Gasteiger partial charge in [0.05, 0.1) is 10.9 Å². The number of nitrogens with zero attached hydrogens (tertiary/aromatic N) is 2. The molecule has 8 heteroatoms. The van der Waals surface area contributed by atoms with Crippen LogP contribution in [0, 0.1) is 0 Å². The van der Waals surface area contributed by atoms with Crippen molar-refractivity contribution in [3.8, 4) is 0 Å². The van der Waals surface area contributed by atoms with Crippen molar-refractivity contribution in [1.82, 2.24) is 10.2 Å². The standard InChI is InChI=1S/C16H22ClN3OS2.HI/c1-3-18-16(20(2)9-8-12-5-4-10-22-12)19-11-13(21)14-6-7-15(17)23-14;/h4-7,10,13,21H,3,8-9,11H2,1-2H3,(H,18,19);1H. The van der Waals surface area contributed by atoms with Crippen molar-refractivity contribution >= 4 is 64.2 Å². The predicted molar refractivity (Wildman–Crippen MR) is 116 cm³/mol. The number of hydrogen-bond donors (Lipinski definition) is 2. The first-order valence-electron chi connectivity index (χ1n) is 7.55. The summed E-state index contributed by atoms with van der Waals surface area (Å²) in [5.41, 5.74) is 0. The smallest absolute Gasteiger partial charge is 0.193 e. The fraction of sp³-hybridized carbons (Fsp3) is 0.438. The third-order valence-electron chi connectivity index (χ3n) is 3.31. The highest BCUT2D eigenvalue weighted by Gasteiger charge is 2.12. The van der Waals surface area contributed by atoms with Crippen LogP contribution in [0.15, 0.2) is 34.6 Å². The number of nitrogens with one attached hydrogen (secondary N) is 1. The van der Waals surface area contributed by atoms with E-state index in [1.54, 1.807) is 17.4 Å². The maximum absolute atomic E-state index is 10.2. The zero-order valence-corrected chi connectivity index (χ0v) is 18.5. The molecule has 0 amide bonds. The Balaban J connectivity index is 0.00000288. The molecule has 4 nitrogen and oxygen atoms in total. The van der Waals surface area contributed by atoms with Crippen molar-refractivity contribution in [3.63, 3.8) is 0 Å². The highest BCUT2D eigenvalue weighted by molar-refractivity contribution is 14.0. The van der Waals surface area contributed by atoms with E-state index in [1.165, 1.54) is 16.2 Å². The molecule has 1 unspecified atom stereocenters. The van der Waals surface area contributed by atoms with E-state index < -0.39 is 6.10 Å². The average molecular weight is 500 g/mol. The van der Waals surface area contributed by atoms with Gasteiger partial charge in [-0.3, -0.25) is 4.99 Å². The molecule has 134 valence electrons. The lowest BCUT2D eigenvalue weighted by Gasteiger charge is -2.22. The molecule has 2 aromatic rings. The van der Waals surface area contributed by atoms with Crippen LogP contribution in [0.25, 0.3) is 0 Å². The second-order valence-corrected chi connectivity index (χ2v) is 7.88. The summed E-state index contributed by atoms with van der Waals surface area (Å²) in [7, 11) is 2.02. The molecule has 0 spiro atoms. The predicted octanol–water partition coefficient (Wildman–Crippen LogP) is 4.25. The summed E-state index contributed by atoms with van der Waals surface area (Å²) in [5.74, 6) is 0.811. The van der Waals surface area contributed by atoms with E-state index in [-0.39, 0.29) is 24.0 Å². The summed E-state index contributed by atoms with van der Waals surface area (Å²) in [6.45, 7) is 4.04. The first-order valence-corrected chi connectivity index (χ1v) is 9.62. The molecule has 2 aromatic heterocycles. The molecule has 2 rings (SSSR count). The van der Waals surface area contributed by atoms with Gasteiger partial charge in [0.15, 0.2) is 5.96 Å². The van der Waals surface area contributed by atoms with Gasteiger partial charge in [-0.1, -0.05) is 17.7 Å². The summed E-state index contributed by atoms with van der Waals surface area (Å²) in [4.78, 5) is 8.85. The van der Waals surface area contributed by atoms with Gasteiger partial charge in [-0.15, -0.1) is 46.7 Å². The number of aliphatic hydroxyl groups excluding tert-OH is 1. The van der Waals surface area contributed by atoms with Crippen molar-refractivity contribution in [2.24, 2.45) is 4.99 Å². The van der Waals surface area contributed by atoms with Crippen LogP contribution < -0.4 is 5.32 Å². The van der Waals surface area contributed by atoms with Crippen LogP contribution in [-0.4, -0.2) is 42.6 Å². The number of hydrogen-bond acceptors (Lipinski definition) is 4. The van der Waals surface area contributed by atoms with E-state index in [2.05, 4.69) is 32.7 Å². The Hall–Kier alpha value is -0.350. The van der Waals surface area contributed by atoms with Gasteiger partial charge in [0.2, 0.25) is 0 Å². The third-order valence-corrected chi connectivity index (χ3v) is 5.58. The number of guanidine groups is 1. The molecule has 0 saturated carbocycles. The minimum Gasteiger partial charge on any atom is -0.386 e. The van der Waals surface area contributed by atoms with Crippen LogP contribution in [0.3, 0.4) is 0 Å². The highest BCUT2D eigenvalue weighted by atomic mass is 127. The number of aliphatic hydroxyl groups is 1. The van der Waals surface area contributed by atoms with Crippen LogP contribution in [-0.2, 0) is 6.42 Å². The topological polar surface area (TPSA) is 47.9 Å². The van der Waals surface area contributed by atoms with Crippen LogP contribution in [0.1, 0.15) is 22.8 Å². The van der Waals surface area contributed by atoms with Gasteiger partial charge in [0.1, 0.15) is 6.10 Å². The Kier molecular flexibility index (Phi) is 10.2. The molecular formula is C16H23ClIN3OS2. The van der Waals surface area contributed by atoms with Gasteiger partial charge in [-0.25, -0.2) is 0 Å². The van der Waals surface area contributed by atoms with Crippen LogP contribution in [0.2, 0.25) is 4.34 Å². The average Bonchev–Trinajstić information content (AvgIpc) is 3.20. The lowest BCUT2D eigenvalue weighted by Crippen LogP contribution is -2.40. The Morgan fingerprint density at radius 1 is 1.42 bits per heavy atom. The molecule has 0 bridgehead atoms. The Bertz CT molecular complexity index is 619. The summed E-state index contributed by atoms with van der Waals surface area (Å²) in [6.07, 6.45) is 0.369. The lowest BCUT2D eigenvalue weighted by molar-refractivity contribution is 0.190. The zero-order valence-electron chi connectivity index (χ0n) is 13.7. The van der Waals surface area contributed by atoms with Crippen molar-refractivity contribution in [2.45, 2.75) is 19.4 Å². The van der Waals surface area contributed by atoms with E-state index >= 15 is 0 Å². The lowest BCUT2D eigenvalue weighted by atomic mass is 10.3. The molecule has 0 radical (unpaired) electrons. The van der Waals surface area contributed by atoms with Crippen molar-refractivity contribution in [3.05, 3.63) is 43.7 Å². The van der Waals surface area contributed by atoms with Crippen molar-refractivity contribution in [2.75, 3.05) is 26.7 Å². The summed E-state index contributed by atoms with van der Waals surface area (Å²) < 4.78 is 0.683. The molecule has 2 heterocycles. The minimum absolute atomic E-state index is 0. The summed E-state index contributed by atoms with van der Waals surface area (Å²) in [5, 5.41) is 15.6. The molecule has 2 N–H and O–H groups in total. The third kappa shape index (κ3) is 6.87. The van der Waals surface area contributed by atoms with E-state index in [1.807, 2.05) is 20.0 Å². The van der Waals surface area contributed by atoms with Crippen LogP contribution >= 0.6 is 58.3 Å². The van der Waals surface area contributed by atoms with Gasteiger partial charge >= 0.3 is 0 Å². The molecule has 0 aliphatic heterocycles. The van der Waals surface area contributed by atoms with E-state index in [0.29, 0.717) is 10.9 Å². The maximum atomic E-state index is 10.2. The molecular weight excluding hydrogens is 477 g/mol. The van der Waals surface area contributed by atoms with E-state index in [4.69, 9.17) is 11.6 Å². The molecule has 0 fully saturated rings. The first kappa shape index (κ1) is 21.7. The molecule has 0 aliphatic carbocycles. The zero-order chi connectivity index (χ0) is 16.7. The maximum Gasteiger partial charge on any atom is 0.193 e. The first-order chi connectivity index (χ1) is 11.1. The normalized spacial score (nSPS) is 12.6. The molecule has 0 aromatic carbocycles. The number of halogens is 2. The number of aliphatic imine (C=N–C) groups is 1. The SMILES string of the molecule is CCNC(=NCC(O)c1ccc(Cl)s1)N(C)CCc1cccs1.I. The molecule has 1 atom stereocenters. The summed E-state index contributed by atoms with van der Waals surface area (Å²) in [6, 6.07) is 7.86. The quantitative estimate of drug-likeness (QED) is 0.340. The molecule has 24 heavy (non-hydrogen) atoms. The number of likely N-dealkylation sites (N-methyl/N-ethyl adjacent to an activating group) is 1. The minimum atomic E-state index is -0.619. The molecule has 0 aliphatic rings. The second kappa shape index (κ2) is 11.3. The highest BCUT2D eigenvalue weighted by Crippen LogP contribution is 2.26. The Morgan fingerprint density at radius 3 is 2.79 bits per heavy atom. The van der Waals surface area contributed by atoms with Gasteiger partial charge in [0.25, 0.3) is 0 Å². The monoisotopic (exact) mass is 499 g/mol. The van der Waals surface area contributed by atoms with Gasteiger partial charge in [-0.2, -0.15) is 0 Å². The summed E-state index contributed by atoms with van der Waals surface area (Å²) >= 11 is 9.07. The second-order valence-electron chi connectivity index (χ2n) is 5.10. The fourth-order valence-electron chi connectivity index (χ4n) is 2.08. The van der Waals surface area contributed by atoms with E-state index in [9.17, 15) is 5.11 Å². The fourth-order valence-corrected chi connectivity index (χ4v) is 3.81. The Labute approximate surface area is 173 Å². The number of thiophene rings is 2. The van der Waals surface area contributed by atoms with Crippen molar-refractivity contribution < 1.29 is 5.11 Å². The van der Waals surface area contributed by atoms with Gasteiger partial charge in [0, 0.05) is 29.9 Å². The van der Waals surface area contributed by atoms with Crippen LogP contribution in [0.5, 0.6) is 0 Å². The largest absolute Gasteiger partial charge is 0.386 e. The van der Waals surface area contributed by atoms with E-state index in [0.717, 1.165) is 30.3 Å².